The molecule has 0 rings (SSSR count). The summed E-state index contributed by atoms with van der Waals surface area (Å²) in [5, 5.41) is 1.16. The van der Waals surface area contributed by atoms with Crippen LogP contribution in [0.2, 0.25) is 0 Å². The number of rotatable bonds is 6. The fourth-order valence-electron chi connectivity index (χ4n) is 1.31. The molecule has 1 unspecified atom stereocenters. The molecule has 0 aliphatic carbocycles. The molecule has 0 spiro atoms. The molecule has 0 nitrogen and oxygen atoms in total. The van der Waals surface area contributed by atoms with E-state index < -0.39 is 0 Å². The number of hydrogen-bond acceptors (Lipinski definition) is 0. The van der Waals surface area contributed by atoms with Gasteiger partial charge in [-0.2, -0.15) is 0 Å². The first-order valence-electron chi connectivity index (χ1n) is 4.90. The summed E-state index contributed by atoms with van der Waals surface area (Å²) in [6.07, 6.45) is 7.60. The van der Waals surface area contributed by atoms with Crippen molar-refractivity contribution in [3.05, 3.63) is 11.6 Å². The topological polar surface area (TPSA) is 0 Å². The van der Waals surface area contributed by atoms with Crippen molar-refractivity contribution < 1.29 is 0 Å². The first-order valence-corrected chi connectivity index (χ1v) is 6.02. The fraction of sp³-hybridized carbons (Fsp3) is 0.818. The van der Waals surface area contributed by atoms with Crippen LogP contribution in [0.5, 0.6) is 0 Å². The van der Waals surface area contributed by atoms with Crippen molar-refractivity contribution >= 4 is 15.9 Å². The van der Waals surface area contributed by atoms with E-state index in [-0.39, 0.29) is 0 Å². The number of alkyl halides is 1. The van der Waals surface area contributed by atoms with E-state index in [0.29, 0.717) is 0 Å². The van der Waals surface area contributed by atoms with Gasteiger partial charge in [-0.05, 0) is 39.0 Å². The van der Waals surface area contributed by atoms with Crippen LogP contribution in [0.3, 0.4) is 0 Å². The van der Waals surface area contributed by atoms with Crippen LogP contribution in [0.25, 0.3) is 0 Å². The molecule has 0 bridgehead atoms. The normalized spacial score (nSPS) is 12.7. The van der Waals surface area contributed by atoms with Gasteiger partial charge in [0.05, 0.1) is 0 Å². The predicted octanol–water partition coefficient (Wildman–Crippen LogP) is 4.54. The number of halogens is 1. The molecule has 12 heavy (non-hydrogen) atoms. The summed E-state index contributed by atoms with van der Waals surface area (Å²) in [5.74, 6) is 0.880. The first kappa shape index (κ1) is 12.2. The Kier molecular flexibility index (Phi) is 7.99. The van der Waals surface area contributed by atoms with Crippen LogP contribution >= 0.6 is 15.9 Å². The van der Waals surface area contributed by atoms with E-state index in [1.807, 2.05) is 0 Å². The van der Waals surface area contributed by atoms with Gasteiger partial charge in [0.1, 0.15) is 0 Å². The number of allylic oxidation sites excluding steroid dienone is 2. The second kappa shape index (κ2) is 7.85. The van der Waals surface area contributed by atoms with Crippen molar-refractivity contribution in [2.45, 2.75) is 46.5 Å². The van der Waals surface area contributed by atoms with Crippen molar-refractivity contribution in [3.8, 4) is 0 Å². The zero-order chi connectivity index (χ0) is 9.40. The summed E-state index contributed by atoms with van der Waals surface area (Å²) >= 11 is 3.56. The molecule has 0 aliphatic heterocycles. The molecule has 0 aliphatic rings. The minimum absolute atomic E-state index is 0.880. The molecule has 0 N–H and O–H groups in total. The molecule has 0 aromatic rings. The van der Waals surface area contributed by atoms with Crippen LogP contribution < -0.4 is 0 Å². The van der Waals surface area contributed by atoms with Gasteiger partial charge in [0.15, 0.2) is 0 Å². The third-order valence-electron chi connectivity index (χ3n) is 2.04. The van der Waals surface area contributed by atoms with E-state index in [1.165, 1.54) is 31.3 Å². The van der Waals surface area contributed by atoms with Gasteiger partial charge in [-0.25, -0.2) is 0 Å². The lowest BCUT2D eigenvalue weighted by Crippen LogP contribution is -2.00. The third-order valence-corrected chi connectivity index (χ3v) is 2.96. The molecule has 0 aromatic carbocycles. The van der Waals surface area contributed by atoms with E-state index in [9.17, 15) is 0 Å². The lowest BCUT2D eigenvalue weighted by molar-refractivity contribution is 0.501. The van der Waals surface area contributed by atoms with Gasteiger partial charge < -0.3 is 0 Å². The highest BCUT2D eigenvalue weighted by atomic mass is 79.9. The Balaban J connectivity index is 3.51. The van der Waals surface area contributed by atoms with Crippen molar-refractivity contribution in [1.82, 2.24) is 0 Å². The molecule has 0 heterocycles. The maximum Gasteiger partial charge on any atom is 0.00597 e. The molecule has 1 atom stereocenters. The monoisotopic (exact) mass is 232 g/mol. The summed E-state index contributed by atoms with van der Waals surface area (Å²) in [6.45, 7) is 6.60. The molecule has 0 fully saturated rings. The van der Waals surface area contributed by atoms with Crippen LogP contribution in [0, 0.1) is 5.92 Å². The zero-order valence-corrected chi connectivity index (χ0v) is 10.2. The quantitative estimate of drug-likeness (QED) is 0.466. The molecular weight excluding hydrogens is 212 g/mol. The van der Waals surface area contributed by atoms with E-state index in [2.05, 4.69) is 42.8 Å². The lowest BCUT2D eigenvalue weighted by Gasteiger charge is -2.10. The van der Waals surface area contributed by atoms with Gasteiger partial charge in [-0.1, -0.05) is 40.9 Å². The molecule has 0 amide bonds. The maximum atomic E-state index is 3.56. The Morgan fingerprint density at radius 1 is 1.33 bits per heavy atom. The molecule has 1 heteroatoms. The summed E-state index contributed by atoms with van der Waals surface area (Å²) in [5.41, 5.74) is 1.44. The van der Waals surface area contributed by atoms with E-state index >= 15 is 0 Å². The van der Waals surface area contributed by atoms with Crippen LogP contribution in [-0.2, 0) is 0 Å². The Labute approximate surface area is 85.6 Å². The predicted molar refractivity (Wildman–Crippen MR) is 60.9 cm³/mol. The summed E-state index contributed by atoms with van der Waals surface area (Å²) in [4.78, 5) is 0. The van der Waals surface area contributed by atoms with E-state index in [0.717, 1.165) is 11.2 Å². The largest absolute Gasteiger partial charge is 0.0925 e. The van der Waals surface area contributed by atoms with Gasteiger partial charge in [-0.15, -0.1) is 0 Å². The highest BCUT2D eigenvalue weighted by Gasteiger charge is 2.03. The van der Waals surface area contributed by atoms with E-state index in [1.54, 1.807) is 0 Å². The molecule has 0 radical (unpaired) electrons. The van der Waals surface area contributed by atoms with E-state index in [4.69, 9.17) is 0 Å². The Morgan fingerprint density at radius 3 is 2.42 bits per heavy atom. The molecule has 72 valence electrons. The van der Waals surface area contributed by atoms with Gasteiger partial charge in [0.2, 0.25) is 0 Å². The van der Waals surface area contributed by atoms with Crippen molar-refractivity contribution in [2.75, 3.05) is 5.33 Å². The standard InChI is InChI=1S/C11H21Br/c1-4-6-11(9-12)8-5-7-10(2)3/h7,11H,4-6,8-9H2,1-3H3. The maximum absolute atomic E-state index is 3.56. The average molecular weight is 233 g/mol. The Morgan fingerprint density at radius 2 is 2.00 bits per heavy atom. The van der Waals surface area contributed by atoms with Gasteiger partial charge in [0, 0.05) is 5.33 Å². The van der Waals surface area contributed by atoms with Crippen LogP contribution in [-0.4, -0.2) is 5.33 Å². The lowest BCUT2D eigenvalue weighted by atomic mass is 10.00. The average Bonchev–Trinajstić information content (AvgIpc) is 2.02. The second-order valence-corrected chi connectivity index (χ2v) is 4.32. The smallest absolute Gasteiger partial charge is 0.00597 e. The first-order chi connectivity index (χ1) is 5.70. The molecule has 0 saturated heterocycles. The SMILES string of the molecule is CCCC(CBr)CCC=C(C)C. The van der Waals surface area contributed by atoms with Crippen molar-refractivity contribution in [2.24, 2.45) is 5.92 Å². The van der Waals surface area contributed by atoms with Crippen LogP contribution in [0.4, 0.5) is 0 Å². The molecule has 0 saturated carbocycles. The van der Waals surface area contributed by atoms with Gasteiger partial charge in [-0.3, -0.25) is 0 Å². The van der Waals surface area contributed by atoms with Gasteiger partial charge in [0.25, 0.3) is 0 Å². The highest BCUT2D eigenvalue weighted by molar-refractivity contribution is 9.09. The third kappa shape index (κ3) is 6.90. The summed E-state index contributed by atoms with van der Waals surface area (Å²) in [7, 11) is 0. The van der Waals surface area contributed by atoms with Crippen LogP contribution in [0.15, 0.2) is 11.6 Å². The Hall–Kier alpha value is 0.220. The van der Waals surface area contributed by atoms with Crippen molar-refractivity contribution in [3.63, 3.8) is 0 Å². The number of hydrogen-bond donors (Lipinski definition) is 0. The highest BCUT2D eigenvalue weighted by Crippen LogP contribution is 2.16. The van der Waals surface area contributed by atoms with Crippen molar-refractivity contribution in [1.29, 1.82) is 0 Å². The summed E-state index contributed by atoms with van der Waals surface area (Å²) in [6, 6.07) is 0. The van der Waals surface area contributed by atoms with Gasteiger partial charge >= 0.3 is 0 Å². The molecule has 0 aromatic heterocycles. The fourth-order valence-corrected chi connectivity index (χ4v) is 1.96. The molecular formula is C11H21Br. The second-order valence-electron chi connectivity index (χ2n) is 3.67. The zero-order valence-electron chi connectivity index (χ0n) is 8.57. The minimum Gasteiger partial charge on any atom is -0.0925 e. The van der Waals surface area contributed by atoms with Crippen LogP contribution in [0.1, 0.15) is 46.5 Å². The Bertz CT molecular complexity index is 123. The minimum atomic E-state index is 0.880. The summed E-state index contributed by atoms with van der Waals surface area (Å²) < 4.78 is 0.